The number of hydrogen-bond donors (Lipinski definition) is 1. The number of nitrogens with one attached hydrogen (secondary N) is 1. The van der Waals surface area contributed by atoms with Crippen LogP contribution in [0.1, 0.15) is 30.5 Å². The molecule has 0 saturated carbocycles. The fraction of sp³-hybridized carbons (Fsp3) is 0.257. The van der Waals surface area contributed by atoms with E-state index in [4.69, 9.17) is 46.4 Å². The topological polar surface area (TPSA) is 86.8 Å². The predicted molar refractivity (Wildman–Crippen MR) is 191 cm³/mol. The van der Waals surface area contributed by atoms with E-state index >= 15 is 0 Å². The highest BCUT2D eigenvalue weighted by molar-refractivity contribution is 7.92. The van der Waals surface area contributed by atoms with Gasteiger partial charge in [0.1, 0.15) is 12.6 Å². The zero-order chi connectivity index (χ0) is 34.3. The number of anilines is 1. The van der Waals surface area contributed by atoms with Gasteiger partial charge < -0.3 is 10.2 Å². The van der Waals surface area contributed by atoms with Crippen molar-refractivity contribution in [2.45, 2.75) is 44.7 Å². The second kappa shape index (κ2) is 16.2. The lowest BCUT2D eigenvalue weighted by Crippen LogP contribution is -2.53. The van der Waals surface area contributed by atoms with Crippen LogP contribution >= 0.6 is 46.4 Å². The number of carbonyl (C=O) groups excluding carboxylic acids is 2. The molecule has 1 N–H and O–H groups in total. The summed E-state index contributed by atoms with van der Waals surface area (Å²) >= 11 is 25.4. The molecule has 0 radical (unpaired) electrons. The number of hydrogen-bond acceptors (Lipinski definition) is 4. The second-order valence-electron chi connectivity index (χ2n) is 11.5. The Morgan fingerprint density at radius 3 is 2.09 bits per heavy atom. The average Bonchev–Trinajstić information content (AvgIpc) is 3.03. The minimum atomic E-state index is -4.35. The molecule has 12 heteroatoms. The zero-order valence-corrected chi connectivity index (χ0v) is 29.9. The molecule has 248 valence electrons. The Morgan fingerprint density at radius 2 is 1.45 bits per heavy atom. The molecule has 0 aromatic heterocycles. The van der Waals surface area contributed by atoms with Crippen molar-refractivity contribution in [2.75, 3.05) is 17.4 Å². The summed E-state index contributed by atoms with van der Waals surface area (Å²) in [6.07, 6.45) is 0.167. The van der Waals surface area contributed by atoms with Gasteiger partial charge in [0.25, 0.3) is 10.0 Å². The van der Waals surface area contributed by atoms with Gasteiger partial charge in [0.2, 0.25) is 11.8 Å². The van der Waals surface area contributed by atoms with Crippen LogP contribution in [0.4, 0.5) is 5.69 Å². The number of rotatable bonds is 13. The van der Waals surface area contributed by atoms with Gasteiger partial charge in [-0.05, 0) is 66.4 Å². The smallest absolute Gasteiger partial charge is 0.264 e. The predicted octanol–water partition coefficient (Wildman–Crippen LogP) is 8.22. The lowest BCUT2D eigenvalue weighted by molar-refractivity contribution is -0.140. The lowest BCUT2D eigenvalue weighted by atomic mass is 10.0. The van der Waals surface area contributed by atoms with Crippen LogP contribution in [0.2, 0.25) is 20.1 Å². The van der Waals surface area contributed by atoms with Crippen LogP contribution in [0.15, 0.2) is 95.9 Å². The van der Waals surface area contributed by atoms with E-state index in [0.29, 0.717) is 17.1 Å². The van der Waals surface area contributed by atoms with Gasteiger partial charge in [0.15, 0.2) is 0 Å². The highest BCUT2D eigenvalue weighted by atomic mass is 35.5. The van der Waals surface area contributed by atoms with Crippen molar-refractivity contribution in [3.05, 3.63) is 128 Å². The fourth-order valence-electron chi connectivity index (χ4n) is 4.84. The molecule has 4 aromatic carbocycles. The molecule has 0 aliphatic rings. The summed E-state index contributed by atoms with van der Waals surface area (Å²) in [7, 11) is -4.35. The third-order valence-electron chi connectivity index (χ3n) is 7.36. The van der Waals surface area contributed by atoms with Crippen LogP contribution < -0.4 is 9.62 Å². The third-order valence-corrected chi connectivity index (χ3v) is 10.4. The van der Waals surface area contributed by atoms with Crippen molar-refractivity contribution in [1.29, 1.82) is 0 Å². The van der Waals surface area contributed by atoms with Gasteiger partial charge in [-0.1, -0.05) is 114 Å². The Labute approximate surface area is 296 Å². The summed E-state index contributed by atoms with van der Waals surface area (Å²) in [6, 6.07) is 23.8. The molecule has 47 heavy (non-hydrogen) atoms. The van der Waals surface area contributed by atoms with Crippen molar-refractivity contribution in [3.8, 4) is 0 Å². The van der Waals surface area contributed by atoms with E-state index in [1.807, 2.05) is 51.1 Å². The van der Waals surface area contributed by atoms with Crippen molar-refractivity contribution in [3.63, 3.8) is 0 Å². The number of aryl methyl sites for hydroxylation is 1. The van der Waals surface area contributed by atoms with E-state index in [1.165, 1.54) is 35.2 Å². The molecule has 0 saturated heterocycles. The normalized spacial score (nSPS) is 12.1. The number of sulfonamides is 1. The van der Waals surface area contributed by atoms with Gasteiger partial charge in [-0.15, -0.1) is 0 Å². The maximum absolute atomic E-state index is 14.6. The Bertz CT molecular complexity index is 1820. The van der Waals surface area contributed by atoms with Crippen LogP contribution in [0.5, 0.6) is 0 Å². The Hall–Kier alpha value is -3.27. The van der Waals surface area contributed by atoms with Crippen LogP contribution in [0.25, 0.3) is 0 Å². The van der Waals surface area contributed by atoms with Crippen molar-refractivity contribution in [2.24, 2.45) is 5.92 Å². The molecule has 4 rings (SSSR count). The monoisotopic (exact) mass is 733 g/mol. The zero-order valence-electron chi connectivity index (χ0n) is 26.1. The molecule has 0 unspecified atom stereocenters. The quantitative estimate of drug-likeness (QED) is 0.150. The van der Waals surface area contributed by atoms with Crippen molar-refractivity contribution < 1.29 is 18.0 Å². The number of benzene rings is 4. The van der Waals surface area contributed by atoms with Gasteiger partial charge in [-0.3, -0.25) is 13.9 Å². The highest BCUT2D eigenvalue weighted by Crippen LogP contribution is 2.34. The maximum atomic E-state index is 14.6. The Balaban J connectivity index is 1.84. The van der Waals surface area contributed by atoms with E-state index in [2.05, 4.69) is 5.32 Å². The molecular weight excluding hydrogens is 700 g/mol. The van der Waals surface area contributed by atoms with Gasteiger partial charge in [-0.25, -0.2) is 8.42 Å². The van der Waals surface area contributed by atoms with E-state index in [-0.39, 0.29) is 50.4 Å². The number of carbonyl (C=O) groups is 2. The van der Waals surface area contributed by atoms with Crippen LogP contribution in [-0.4, -0.2) is 44.3 Å². The van der Waals surface area contributed by atoms with Crippen LogP contribution in [0.3, 0.4) is 0 Å². The van der Waals surface area contributed by atoms with Gasteiger partial charge in [0, 0.05) is 24.5 Å². The molecule has 7 nitrogen and oxygen atoms in total. The molecule has 0 spiro atoms. The molecule has 1 atom stereocenters. The molecule has 0 aliphatic heterocycles. The number of halogens is 4. The summed E-state index contributed by atoms with van der Waals surface area (Å²) in [5.74, 6) is -0.885. The summed E-state index contributed by atoms with van der Waals surface area (Å²) < 4.78 is 29.4. The lowest BCUT2D eigenvalue weighted by Gasteiger charge is -2.34. The van der Waals surface area contributed by atoms with Crippen LogP contribution in [0, 0.1) is 12.8 Å². The first kappa shape index (κ1) is 36.6. The van der Waals surface area contributed by atoms with E-state index < -0.39 is 28.5 Å². The summed E-state index contributed by atoms with van der Waals surface area (Å²) in [5.41, 5.74) is 2.28. The van der Waals surface area contributed by atoms with Crippen LogP contribution in [-0.2, 0) is 32.6 Å². The first-order valence-corrected chi connectivity index (χ1v) is 17.8. The van der Waals surface area contributed by atoms with Crippen molar-refractivity contribution in [1.82, 2.24) is 10.2 Å². The van der Waals surface area contributed by atoms with E-state index in [1.54, 1.807) is 30.3 Å². The molecule has 4 aromatic rings. The summed E-state index contributed by atoms with van der Waals surface area (Å²) in [5, 5.41) is 3.86. The highest BCUT2D eigenvalue weighted by Gasteiger charge is 2.35. The fourth-order valence-corrected chi connectivity index (χ4v) is 7.02. The van der Waals surface area contributed by atoms with Gasteiger partial charge in [-0.2, -0.15) is 0 Å². The van der Waals surface area contributed by atoms with E-state index in [9.17, 15) is 18.0 Å². The molecule has 0 heterocycles. The molecule has 0 aliphatic carbocycles. The van der Waals surface area contributed by atoms with Gasteiger partial charge >= 0.3 is 0 Å². The second-order valence-corrected chi connectivity index (χ2v) is 15.1. The Morgan fingerprint density at radius 1 is 0.787 bits per heavy atom. The average molecular weight is 736 g/mol. The maximum Gasteiger partial charge on any atom is 0.264 e. The SMILES string of the molecule is Cc1ccc(S(=O)(=O)N(CC(=O)N(Cc2ccc(Cl)c(Cl)c2)[C@H](Cc2ccccc2)C(=O)NCC(C)C)c2cc(Cl)ccc2Cl)cc1. The van der Waals surface area contributed by atoms with Gasteiger partial charge in [0.05, 0.1) is 25.7 Å². The number of nitrogens with zero attached hydrogens (tertiary/aromatic N) is 2. The summed E-state index contributed by atoms with van der Waals surface area (Å²) in [4.78, 5) is 29.8. The molecule has 0 bridgehead atoms. The largest absolute Gasteiger partial charge is 0.354 e. The first-order chi connectivity index (χ1) is 22.3. The minimum Gasteiger partial charge on any atom is -0.354 e. The minimum absolute atomic E-state index is 0.0199. The molecule has 2 amide bonds. The Kier molecular flexibility index (Phi) is 12.6. The molecule has 0 fully saturated rings. The molecular formula is C35H35Cl4N3O4S. The summed E-state index contributed by atoms with van der Waals surface area (Å²) in [6.45, 7) is 5.40. The number of amides is 2. The first-order valence-electron chi connectivity index (χ1n) is 14.9. The van der Waals surface area contributed by atoms with Crippen molar-refractivity contribution >= 4 is 73.9 Å². The third kappa shape index (κ3) is 9.64. The van der Waals surface area contributed by atoms with E-state index in [0.717, 1.165) is 15.4 Å². The standard InChI is InChI=1S/C35H35Cl4N3O4S/c1-23(2)20-40-35(44)33(18-25-7-5-4-6-8-25)41(21-26-11-15-29(37)31(39)17-26)34(43)22-42(32-19-27(36)12-16-30(32)38)47(45,46)28-13-9-24(3)10-14-28/h4-17,19,23,33H,18,20-22H2,1-3H3,(H,40,44)/t33-/m1/s1.